The quantitative estimate of drug-likeness (QED) is 0.459. The highest BCUT2D eigenvalue weighted by Crippen LogP contribution is 2.23. The van der Waals surface area contributed by atoms with Gasteiger partial charge in [-0.3, -0.25) is 0 Å². The van der Waals surface area contributed by atoms with E-state index in [1.807, 2.05) is 37.3 Å². The first-order chi connectivity index (χ1) is 14.5. The van der Waals surface area contributed by atoms with Gasteiger partial charge in [0.05, 0.1) is 16.5 Å². The molecule has 0 aromatic carbocycles. The SMILES string of the molecule is CCN(CC)c1ccc(N=C2C(C(N)O)=N[n+]3cn(-c4ccccn4)nc32)c(C)n1. The maximum Gasteiger partial charge on any atom is 0.353 e. The lowest BCUT2D eigenvalue weighted by Crippen LogP contribution is -2.34. The monoisotopic (exact) mass is 406 g/mol. The number of pyridine rings is 2. The number of hydrogen-bond donors (Lipinski definition) is 2. The molecule has 3 aromatic heterocycles. The largest absolute Gasteiger partial charge is 0.373 e. The third-order valence-corrected chi connectivity index (χ3v) is 4.84. The van der Waals surface area contributed by atoms with E-state index < -0.39 is 6.23 Å². The fourth-order valence-electron chi connectivity index (χ4n) is 3.25. The van der Waals surface area contributed by atoms with Gasteiger partial charge in [0, 0.05) is 25.4 Å². The second-order valence-corrected chi connectivity index (χ2v) is 6.75. The standard InChI is InChI=1S/C20H24N9O/c1-4-27(5-2)16-10-9-14(13(3)23-16)24-18-17(19(21)30)25-29-12-28(26-20(18)29)15-8-6-7-11-22-15/h6-12,19,30H,4-5,21H2,1-3H3/q+1. The maximum atomic E-state index is 10.0. The Morgan fingerprint density at radius 2 is 2.03 bits per heavy atom. The van der Waals surface area contributed by atoms with Gasteiger partial charge in [-0.15, -0.1) is 9.78 Å². The second-order valence-electron chi connectivity index (χ2n) is 6.75. The van der Waals surface area contributed by atoms with Crippen molar-refractivity contribution in [3.63, 3.8) is 0 Å². The lowest BCUT2D eigenvalue weighted by Gasteiger charge is -2.20. The van der Waals surface area contributed by atoms with Gasteiger partial charge in [0.2, 0.25) is 5.82 Å². The molecule has 0 spiro atoms. The zero-order valence-electron chi connectivity index (χ0n) is 17.1. The average Bonchev–Trinajstić information content (AvgIpc) is 3.30. The normalized spacial score (nSPS) is 15.2. The molecular formula is C20H24N9O+. The minimum absolute atomic E-state index is 0.248. The molecule has 1 aliphatic rings. The van der Waals surface area contributed by atoms with Crippen molar-refractivity contribution < 1.29 is 9.78 Å². The van der Waals surface area contributed by atoms with E-state index in [2.05, 4.69) is 38.9 Å². The van der Waals surface area contributed by atoms with Crippen LogP contribution in [-0.2, 0) is 0 Å². The van der Waals surface area contributed by atoms with Gasteiger partial charge in [0.15, 0.2) is 17.7 Å². The van der Waals surface area contributed by atoms with Crippen molar-refractivity contribution in [3.05, 3.63) is 54.4 Å². The average molecular weight is 406 g/mol. The van der Waals surface area contributed by atoms with Gasteiger partial charge in [-0.2, -0.15) is 0 Å². The maximum absolute atomic E-state index is 10.0. The number of hydrogen-bond acceptors (Lipinski definition) is 8. The van der Waals surface area contributed by atoms with Crippen molar-refractivity contribution >= 4 is 22.9 Å². The molecule has 4 heterocycles. The van der Waals surface area contributed by atoms with Crippen LogP contribution in [0.15, 0.2) is 52.9 Å². The number of aliphatic hydroxyl groups is 1. The van der Waals surface area contributed by atoms with Crippen LogP contribution in [0.1, 0.15) is 25.4 Å². The summed E-state index contributed by atoms with van der Waals surface area (Å²) >= 11 is 0. The number of fused-ring (bicyclic) bond motifs is 1. The molecule has 0 saturated heterocycles. The molecule has 1 unspecified atom stereocenters. The Kier molecular flexibility index (Phi) is 5.34. The predicted molar refractivity (Wildman–Crippen MR) is 113 cm³/mol. The summed E-state index contributed by atoms with van der Waals surface area (Å²) in [7, 11) is 0. The van der Waals surface area contributed by atoms with Crippen LogP contribution in [0.4, 0.5) is 11.5 Å². The van der Waals surface area contributed by atoms with Crippen molar-refractivity contribution in [2.24, 2.45) is 15.8 Å². The predicted octanol–water partition coefficient (Wildman–Crippen LogP) is 0.720. The zero-order valence-corrected chi connectivity index (χ0v) is 17.1. The summed E-state index contributed by atoms with van der Waals surface area (Å²) in [6, 6.07) is 9.38. The van der Waals surface area contributed by atoms with Crippen molar-refractivity contribution in [2.75, 3.05) is 18.0 Å². The summed E-state index contributed by atoms with van der Waals surface area (Å²) in [5, 5.41) is 18.9. The van der Waals surface area contributed by atoms with Crippen molar-refractivity contribution in [2.45, 2.75) is 27.0 Å². The Morgan fingerprint density at radius 1 is 1.23 bits per heavy atom. The molecule has 0 saturated carbocycles. The van der Waals surface area contributed by atoms with Gasteiger partial charge in [-0.25, -0.2) is 15.0 Å². The van der Waals surface area contributed by atoms with Crippen LogP contribution in [0.2, 0.25) is 0 Å². The van der Waals surface area contributed by atoms with E-state index in [0.29, 0.717) is 23.0 Å². The number of nitrogens with zero attached hydrogens (tertiary/aromatic N) is 8. The third kappa shape index (κ3) is 3.58. The minimum atomic E-state index is -1.28. The van der Waals surface area contributed by atoms with Crippen molar-refractivity contribution in [1.29, 1.82) is 0 Å². The van der Waals surface area contributed by atoms with Crippen LogP contribution in [-0.4, -0.2) is 55.6 Å². The number of rotatable bonds is 6. The summed E-state index contributed by atoms with van der Waals surface area (Å²) in [5.74, 6) is 2.01. The van der Waals surface area contributed by atoms with Crippen LogP contribution >= 0.6 is 0 Å². The number of aryl methyl sites for hydroxylation is 1. The van der Waals surface area contributed by atoms with Crippen molar-refractivity contribution in [3.8, 4) is 5.82 Å². The molecule has 0 aliphatic carbocycles. The first-order valence-electron chi connectivity index (χ1n) is 9.79. The molecule has 1 aliphatic heterocycles. The van der Waals surface area contributed by atoms with Crippen molar-refractivity contribution in [1.82, 2.24) is 19.7 Å². The van der Waals surface area contributed by atoms with E-state index >= 15 is 0 Å². The van der Waals surface area contributed by atoms with E-state index in [0.717, 1.165) is 24.6 Å². The van der Waals surface area contributed by atoms with E-state index in [4.69, 9.17) is 10.7 Å². The van der Waals surface area contributed by atoms with Crippen LogP contribution in [0.3, 0.4) is 0 Å². The van der Waals surface area contributed by atoms with Crippen LogP contribution in [0.25, 0.3) is 5.82 Å². The summed E-state index contributed by atoms with van der Waals surface area (Å²) < 4.78 is 3.13. The zero-order chi connectivity index (χ0) is 21.3. The molecular weight excluding hydrogens is 382 g/mol. The van der Waals surface area contributed by atoms with E-state index in [-0.39, 0.29) is 5.71 Å². The molecule has 154 valence electrons. The molecule has 0 fully saturated rings. The lowest BCUT2D eigenvalue weighted by molar-refractivity contribution is -0.677. The van der Waals surface area contributed by atoms with Crippen LogP contribution in [0.5, 0.6) is 0 Å². The third-order valence-electron chi connectivity index (χ3n) is 4.84. The lowest BCUT2D eigenvalue weighted by atomic mass is 10.2. The van der Waals surface area contributed by atoms with E-state index in [1.165, 1.54) is 4.68 Å². The number of aliphatic imine (C=N–C) groups is 1. The van der Waals surface area contributed by atoms with Crippen LogP contribution in [0, 0.1) is 6.92 Å². The Hall–Kier alpha value is -3.50. The van der Waals surface area contributed by atoms with Gasteiger partial charge in [-0.05, 0) is 39.0 Å². The summed E-state index contributed by atoms with van der Waals surface area (Å²) in [6.45, 7) is 7.83. The number of anilines is 1. The van der Waals surface area contributed by atoms with Gasteiger partial charge in [-0.1, -0.05) is 10.7 Å². The van der Waals surface area contributed by atoms with Gasteiger partial charge >= 0.3 is 5.82 Å². The second kappa shape index (κ2) is 8.09. The van der Waals surface area contributed by atoms with Gasteiger partial charge in [0.25, 0.3) is 6.33 Å². The van der Waals surface area contributed by atoms with E-state index in [9.17, 15) is 5.11 Å². The Balaban J connectivity index is 1.76. The molecule has 0 bridgehead atoms. The Labute approximate surface area is 174 Å². The van der Waals surface area contributed by atoms with E-state index in [1.54, 1.807) is 17.2 Å². The highest BCUT2D eigenvalue weighted by Gasteiger charge is 2.36. The molecule has 0 radical (unpaired) electrons. The summed E-state index contributed by atoms with van der Waals surface area (Å²) in [6.07, 6.45) is 2.07. The fourth-order valence-corrected chi connectivity index (χ4v) is 3.25. The minimum Gasteiger partial charge on any atom is -0.373 e. The number of aromatic nitrogens is 5. The molecule has 0 amide bonds. The smallest absolute Gasteiger partial charge is 0.353 e. The first kappa shape index (κ1) is 19.8. The van der Waals surface area contributed by atoms with Gasteiger partial charge in [0.1, 0.15) is 5.82 Å². The Bertz CT molecular complexity index is 1110. The Morgan fingerprint density at radius 3 is 2.67 bits per heavy atom. The molecule has 4 rings (SSSR count). The molecule has 3 aromatic rings. The van der Waals surface area contributed by atoms with Crippen LogP contribution < -0.4 is 15.3 Å². The van der Waals surface area contributed by atoms with Gasteiger partial charge < -0.3 is 15.7 Å². The number of aliphatic hydroxyl groups excluding tert-OH is 1. The molecule has 10 nitrogen and oxygen atoms in total. The molecule has 10 heteroatoms. The first-order valence-corrected chi connectivity index (χ1v) is 9.79. The highest BCUT2D eigenvalue weighted by atomic mass is 16.3. The molecule has 1 atom stereocenters. The fraction of sp³-hybridized carbons (Fsp3) is 0.300. The number of nitrogens with two attached hydrogens (primary N) is 1. The molecule has 3 N–H and O–H groups in total. The molecule has 30 heavy (non-hydrogen) atoms. The summed E-state index contributed by atoms with van der Waals surface area (Å²) in [4.78, 5) is 15.8. The topological polar surface area (TPSA) is 122 Å². The summed E-state index contributed by atoms with van der Waals surface area (Å²) in [5.41, 5.74) is 7.81. The highest BCUT2D eigenvalue weighted by molar-refractivity contribution is 6.49.